The first kappa shape index (κ1) is 23.8. The van der Waals surface area contributed by atoms with E-state index in [1.54, 1.807) is 22.5 Å². The van der Waals surface area contributed by atoms with E-state index in [9.17, 15) is 13.2 Å². The van der Waals surface area contributed by atoms with Crippen molar-refractivity contribution in [3.05, 3.63) is 18.2 Å². The van der Waals surface area contributed by atoms with Crippen LogP contribution in [-0.2, 0) is 14.8 Å². The van der Waals surface area contributed by atoms with Gasteiger partial charge in [0.2, 0.25) is 15.9 Å². The SMILES string of the molecule is CCCCCC(=O)Nc1nc2ccc(S(=O)(=O)N(CC(C)C)CC(C)C)cc2s1. The summed E-state index contributed by atoms with van der Waals surface area (Å²) in [6, 6.07) is 5.00. The lowest BCUT2D eigenvalue weighted by Gasteiger charge is -2.25. The number of aromatic nitrogens is 1. The van der Waals surface area contributed by atoms with Crippen LogP contribution < -0.4 is 5.32 Å². The third-order valence-electron chi connectivity index (χ3n) is 4.39. The molecule has 0 radical (unpaired) electrons. The Bertz CT molecular complexity index is 910. The van der Waals surface area contributed by atoms with Crippen molar-refractivity contribution in [1.29, 1.82) is 0 Å². The summed E-state index contributed by atoms with van der Waals surface area (Å²) in [4.78, 5) is 16.7. The normalized spacial score (nSPS) is 12.4. The highest BCUT2D eigenvalue weighted by Gasteiger charge is 2.26. The number of unbranched alkanes of at least 4 members (excludes halogenated alkanes) is 2. The van der Waals surface area contributed by atoms with Crippen LogP contribution >= 0.6 is 11.3 Å². The van der Waals surface area contributed by atoms with Gasteiger partial charge in [0.1, 0.15) is 0 Å². The number of hydrogen-bond acceptors (Lipinski definition) is 5. The zero-order valence-corrected chi connectivity index (χ0v) is 19.7. The van der Waals surface area contributed by atoms with E-state index in [1.807, 2.05) is 27.7 Å². The maximum absolute atomic E-state index is 13.2. The number of carbonyl (C=O) groups is 1. The minimum Gasteiger partial charge on any atom is -0.302 e. The number of thiazole rings is 1. The van der Waals surface area contributed by atoms with Gasteiger partial charge in [-0.15, -0.1) is 0 Å². The molecule has 0 aliphatic rings. The molecule has 1 amide bonds. The van der Waals surface area contributed by atoms with Crippen molar-refractivity contribution < 1.29 is 13.2 Å². The van der Waals surface area contributed by atoms with Crippen LogP contribution in [0.5, 0.6) is 0 Å². The van der Waals surface area contributed by atoms with Crippen LogP contribution in [0, 0.1) is 11.8 Å². The average Bonchev–Trinajstić information content (AvgIpc) is 3.01. The number of rotatable bonds is 11. The first-order chi connectivity index (χ1) is 13.6. The van der Waals surface area contributed by atoms with Gasteiger partial charge >= 0.3 is 0 Å². The van der Waals surface area contributed by atoms with Gasteiger partial charge in [0.25, 0.3) is 0 Å². The van der Waals surface area contributed by atoms with E-state index in [0.717, 1.165) is 24.0 Å². The molecule has 0 atom stereocenters. The Morgan fingerprint density at radius 2 is 1.79 bits per heavy atom. The van der Waals surface area contributed by atoms with Gasteiger partial charge in [0.05, 0.1) is 15.1 Å². The third-order valence-corrected chi connectivity index (χ3v) is 7.15. The number of benzene rings is 1. The van der Waals surface area contributed by atoms with E-state index in [0.29, 0.717) is 30.2 Å². The van der Waals surface area contributed by atoms with Gasteiger partial charge < -0.3 is 5.32 Å². The van der Waals surface area contributed by atoms with Gasteiger partial charge in [0, 0.05) is 19.5 Å². The lowest BCUT2D eigenvalue weighted by Crippen LogP contribution is -2.37. The summed E-state index contributed by atoms with van der Waals surface area (Å²) in [7, 11) is -3.59. The first-order valence-corrected chi connectivity index (χ1v) is 12.6. The highest BCUT2D eigenvalue weighted by Crippen LogP contribution is 2.30. The summed E-state index contributed by atoms with van der Waals surface area (Å²) >= 11 is 1.31. The van der Waals surface area contributed by atoms with E-state index >= 15 is 0 Å². The Morgan fingerprint density at radius 1 is 1.14 bits per heavy atom. The van der Waals surface area contributed by atoms with Crippen LogP contribution in [0.3, 0.4) is 0 Å². The first-order valence-electron chi connectivity index (χ1n) is 10.3. The molecule has 1 N–H and O–H groups in total. The highest BCUT2D eigenvalue weighted by atomic mass is 32.2. The Kier molecular flexibility index (Phi) is 8.60. The molecule has 0 unspecified atom stereocenters. The summed E-state index contributed by atoms with van der Waals surface area (Å²) in [5.41, 5.74) is 0.692. The third kappa shape index (κ3) is 6.76. The largest absolute Gasteiger partial charge is 0.302 e. The molecule has 8 heteroatoms. The van der Waals surface area contributed by atoms with Crippen molar-refractivity contribution in [2.24, 2.45) is 11.8 Å². The molecular weight excluding hydrogens is 406 g/mol. The second-order valence-corrected chi connectivity index (χ2v) is 11.2. The molecule has 0 saturated heterocycles. The van der Waals surface area contributed by atoms with Crippen molar-refractivity contribution in [2.45, 2.75) is 65.2 Å². The van der Waals surface area contributed by atoms with Crippen LogP contribution in [0.2, 0.25) is 0 Å². The fraction of sp³-hybridized carbons (Fsp3) is 0.619. The Labute approximate surface area is 178 Å². The molecule has 1 heterocycles. The van der Waals surface area contributed by atoms with Crippen LogP contribution in [0.4, 0.5) is 5.13 Å². The van der Waals surface area contributed by atoms with Crippen molar-refractivity contribution in [3.8, 4) is 0 Å². The lowest BCUT2D eigenvalue weighted by atomic mass is 10.2. The summed E-state index contributed by atoms with van der Waals surface area (Å²) in [5.74, 6) is 0.431. The molecule has 29 heavy (non-hydrogen) atoms. The number of hydrogen-bond donors (Lipinski definition) is 1. The minimum atomic E-state index is -3.59. The van der Waals surface area contributed by atoms with E-state index in [4.69, 9.17) is 0 Å². The van der Waals surface area contributed by atoms with Crippen molar-refractivity contribution in [2.75, 3.05) is 18.4 Å². The van der Waals surface area contributed by atoms with E-state index in [-0.39, 0.29) is 22.6 Å². The molecule has 2 aromatic rings. The van der Waals surface area contributed by atoms with E-state index in [1.165, 1.54) is 11.3 Å². The molecule has 0 aliphatic carbocycles. The zero-order chi connectivity index (χ0) is 21.6. The zero-order valence-electron chi connectivity index (χ0n) is 18.1. The van der Waals surface area contributed by atoms with Gasteiger partial charge in [0.15, 0.2) is 5.13 Å². The highest BCUT2D eigenvalue weighted by molar-refractivity contribution is 7.89. The number of sulfonamides is 1. The van der Waals surface area contributed by atoms with Gasteiger partial charge in [-0.1, -0.05) is 58.8 Å². The molecule has 0 spiro atoms. The smallest absolute Gasteiger partial charge is 0.243 e. The van der Waals surface area contributed by atoms with Crippen LogP contribution in [0.25, 0.3) is 10.2 Å². The fourth-order valence-corrected chi connectivity index (χ4v) is 5.86. The number of amides is 1. The predicted molar refractivity (Wildman–Crippen MR) is 121 cm³/mol. The Balaban J connectivity index is 2.24. The molecule has 1 aromatic heterocycles. The van der Waals surface area contributed by atoms with Gasteiger partial charge in [-0.3, -0.25) is 4.79 Å². The Hall–Kier alpha value is -1.51. The topological polar surface area (TPSA) is 79.4 Å². The lowest BCUT2D eigenvalue weighted by molar-refractivity contribution is -0.116. The predicted octanol–water partition coefficient (Wildman–Crippen LogP) is 5.12. The van der Waals surface area contributed by atoms with Crippen molar-refractivity contribution in [1.82, 2.24) is 9.29 Å². The molecule has 6 nitrogen and oxygen atoms in total. The molecule has 2 rings (SSSR count). The average molecular weight is 440 g/mol. The van der Waals surface area contributed by atoms with Gasteiger partial charge in [-0.05, 0) is 36.5 Å². The maximum atomic E-state index is 13.2. The van der Waals surface area contributed by atoms with Gasteiger partial charge in [-0.25, -0.2) is 13.4 Å². The molecule has 0 saturated carbocycles. The second kappa shape index (κ2) is 10.5. The minimum absolute atomic E-state index is 0.0506. The number of anilines is 1. The molecular formula is C21H33N3O3S2. The quantitative estimate of drug-likeness (QED) is 0.493. The van der Waals surface area contributed by atoms with Crippen LogP contribution in [0.1, 0.15) is 60.3 Å². The monoisotopic (exact) mass is 439 g/mol. The molecule has 0 aliphatic heterocycles. The maximum Gasteiger partial charge on any atom is 0.243 e. The number of nitrogens with zero attached hydrogens (tertiary/aromatic N) is 2. The van der Waals surface area contributed by atoms with E-state index in [2.05, 4.69) is 17.2 Å². The van der Waals surface area contributed by atoms with Gasteiger partial charge in [-0.2, -0.15) is 4.31 Å². The Morgan fingerprint density at radius 3 is 2.38 bits per heavy atom. The summed E-state index contributed by atoms with van der Waals surface area (Å²) < 4.78 is 28.8. The summed E-state index contributed by atoms with van der Waals surface area (Å²) in [6.07, 6.45) is 3.42. The number of carbonyl (C=O) groups excluding carboxylic acids is 1. The summed E-state index contributed by atoms with van der Waals surface area (Å²) in [5, 5.41) is 3.34. The molecule has 0 fully saturated rings. The van der Waals surface area contributed by atoms with Crippen molar-refractivity contribution in [3.63, 3.8) is 0 Å². The van der Waals surface area contributed by atoms with Crippen LogP contribution in [-0.4, -0.2) is 36.7 Å². The molecule has 0 bridgehead atoms. The van der Waals surface area contributed by atoms with Crippen molar-refractivity contribution >= 4 is 42.6 Å². The second-order valence-electron chi connectivity index (χ2n) is 8.26. The number of nitrogens with one attached hydrogen (secondary N) is 1. The molecule has 1 aromatic carbocycles. The fourth-order valence-electron chi connectivity index (χ4n) is 3.07. The summed E-state index contributed by atoms with van der Waals surface area (Å²) in [6.45, 7) is 11.1. The number of fused-ring (bicyclic) bond motifs is 1. The van der Waals surface area contributed by atoms with E-state index < -0.39 is 10.0 Å². The molecule has 162 valence electrons. The van der Waals surface area contributed by atoms with Crippen LogP contribution in [0.15, 0.2) is 23.1 Å². The standard InChI is InChI=1S/C21H33N3O3S2/c1-6-7-8-9-20(25)23-21-22-18-11-10-17(12-19(18)28-21)29(26,27)24(13-15(2)3)14-16(4)5/h10-12,15-16H,6-9,13-14H2,1-5H3,(H,22,23,25).